The molecule has 0 bridgehead atoms. The van der Waals surface area contributed by atoms with Gasteiger partial charge in [-0.15, -0.1) is 10.2 Å². The number of nitrogens with two attached hydrogens (primary N) is 1. The summed E-state index contributed by atoms with van der Waals surface area (Å²) in [5.74, 6) is -0.428. The first kappa shape index (κ1) is 20.3. The molecule has 1 aromatic heterocycles. The lowest BCUT2D eigenvalue weighted by molar-refractivity contribution is -0.113. The number of halogens is 1. The van der Waals surface area contributed by atoms with Crippen LogP contribution in [-0.2, 0) is 4.79 Å². The fraction of sp³-hybridized carbons (Fsp3) is 0.158. The van der Waals surface area contributed by atoms with Crippen LogP contribution in [0.2, 0.25) is 0 Å². The van der Waals surface area contributed by atoms with Gasteiger partial charge in [-0.25, -0.2) is 4.39 Å². The highest BCUT2D eigenvalue weighted by Crippen LogP contribution is 2.24. The van der Waals surface area contributed by atoms with Gasteiger partial charge in [0.05, 0.1) is 5.75 Å². The van der Waals surface area contributed by atoms with E-state index in [0.29, 0.717) is 17.0 Å². The first-order valence-corrected chi connectivity index (χ1v) is 9.47. The Kier molecular flexibility index (Phi) is 6.45. The van der Waals surface area contributed by atoms with E-state index in [9.17, 15) is 14.0 Å². The average Bonchev–Trinajstić information content (AvgIpc) is 3.18. The number of primary amides is 1. The van der Waals surface area contributed by atoms with Crippen molar-refractivity contribution in [1.82, 2.24) is 10.2 Å². The van der Waals surface area contributed by atoms with Crippen LogP contribution in [0.3, 0.4) is 0 Å². The van der Waals surface area contributed by atoms with Gasteiger partial charge in [0.15, 0.2) is 6.10 Å². The monoisotopic (exact) mass is 416 g/mol. The number of carbonyl (C=O) groups is 2. The van der Waals surface area contributed by atoms with Gasteiger partial charge in [0.1, 0.15) is 11.6 Å². The van der Waals surface area contributed by atoms with Crippen molar-refractivity contribution in [3.05, 3.63) is 65.8 Å². The number of thioether (sulfide) groups is 1. The van der Waals surface area contributed by atoms with E-state index >= 15 is 0 Å². The summed E-state index contributed by atoms with van der Waals surface area (Å²) in [5, 5.41) is 10.7. The molecule has 2 aromatic carbocycles. The van der Waals surface area contributed by atoms with Crippen molar-refractivity contribution in [1.29, 1.82) is 0 Å². The van der Waals surface area contributed by atoms with E-state index in [2.05, 4.69) is 15.5 Å². The number of benzene rings is 2. The molecule has 8 nitrogen and oxygen atoms in total. The quantitative estimate of drug-likeness (QED) is 0.541. The van der Waals surface area contributed by atoms with E-state index in [0.717, 1.165) is 11.8 Å². The first-order chi connectivity index (χ1) is 13.9. The van der Waals surface area contributed by atoms with Gasteiger partial charge >= 0.3 is 0 Å². The minimum atomic E-state index is -0.542. The molecule has 10 heteroatoms. The summed E-state index contributed by atoms with van der Waals surface area (Å²) in [7, 11) is 0. The number of hydrogen-bond acceptors (Lipinski definition) is 7. The minimum Gasteiger partial charge on any atom is -0.481 e. The second-order valence-corrected chi connectivity index (χ2v) is 6.83. The molecule has 0 unspecified atom stereocenters. The highest BCUT2D eigenvalue weighted by atomic mass is 32.2. The normalized spacial score (nSPS) is 11.7. The van der Waals surface area contributed by atoms with Crippen molar-refractivity contribution in [2.75, 3.05) is 11.1 Å². The maximum atomic E-state index is 12.9. The van der Waals surface area contributed by atoms with Crippen LogP contribution in [0.25, 0.3) is 0 Å². The van der Waals surface area contributed by atoms with E-state index in [-0.39, 0.29) is 28.6 Å². The first-order valence-electron chi connectivity index (χ1n) is 8.49. The Balaban J connectivity index is 1.49. The largest absolute Gasteiger partial charge is 0.481 e. The van der Waals surface area contributed by atoms with Crippen LogP contribution in [0.1, 0.15) is 29.3 Å². The smallest absolute Gasteiger partial charge is 0.277 e. The number of rotatable bonds is 8. The summed E-state index contributed by atoms with van der Waals surface area (Å²) in [6.45, 7) is 1.72. The number of amides is 2. The van der Waals surface area contributed by atoms with Crippen LogP contribution >= 0.6 is 11.8 Å². The summed E-state index contributed by atoms with van der Waals surface area (Å²) in [6.07, 6.45) is -0.542. The van der Waals surface area contributed by atoms with Crippen molar-refractivity contribution < 1.29 is 23.1 Å². The van der Waals surface area contributed by atoms with Crippen molar-refractivity contribution >= 4 is 29.3 Å². The Morgan fingerprint density at radius 1 is 1.17 bits per heavy atom. The van der Waals surface area contributed by atoms with Crippen molar-refractivity contribution in [2.45, 2.75) is 18.3 Å². The van der Waals surface area contributed by atoms with Gasteiger partial charge in [-0.2, -0.15) is 0 Å². The van der Waals surface area contributed by atoms with Crippen LogP contribution in [-0.4, -0.2) is 27.8 Å². The maximum absolute atomic E-state index is 12.9. The van der Waals surface area contributed by atoms with Crippen LogP contribution in [0.5, 0.6) is 5.75 Å². The number of hydrogen-bond donors (Lipinski definition) is 2. The van der Waals surface area contributed by atoms with Gasteiger partial charge in [0, 0.05) is 11.3 Å². The predicted octanol–water partition coefficient (Wildman–Crippen LogP) is 3.18. The predicted molar refractivity (Wildman–Crippen MR) is 104 cm³/mol. The summed E-state index contributed by atoms with van der Waals surface area (Å²) in [5.41, 5.74) is 6.06. The molecule has 1 atom stereocenters. The molecule has 3 N–H and O–H groups in total. The second-order valence-electron chi connectivity index (χ2n) is 5.90. The van der Waals surface area contributed by atoms with Crippen LogP contribution in [0.15, 0.2) is 58.2 Å². The molecule has 3 rings (SSSR count). The maximum Gasteiger partial charge on any atom is 0.277 e. The highest BCUT2D eigenvalue weighted by molar-refractivity contribution is 7.99. The second kappa shape index (κ2) is 9.20. The SMILES string of the molecule is C[C@H](Oc1ccc(F)cc1)c1nnc(SCC(=O)Nc2ccc(C(N)=O)cc2)o1. The molecule has 29 heavy (non-hydrogen) atoms. The third-order valence-corrected chi connectivity index (χ3v) is 4.49. The standard InChI is InChI=1S/C19H17FN4O4S/c1-11(27-15-8-4-13(20)5-9-15)18-23-24-19(28-18)29-10-16(25)22-14-6-2-12(3-7-14)17(21)26/h2-9,11H,10H2,1H3,(H2,21,26)(H,22,25)/t11-/m0/s1. The Morgan fingerprint density at radius 2 is 1.86 bits per heavy atom. The fourth-order valence-electron chi connectivity index (χ4n) is 2.25. The van der Waals surface area contributed by atoms with Gasteiger partial charge in [0.25, 0.3) is 11.1 Å². The summed E-state index contributed by atoms with van der Waals surface area (Å²) in [4.78, 5) is 23.1. The Morgan fingerprint density at radius 3 is 2.52 bits per heavy atom. The molecule has 150 valence electrons. The van der Waals surface area contributed by atoms with Crippen LogP contribution < -0.4 is 15.8 Å². The van der Waals surface area contributed by atoms with Gasteiger partial charge in [-0.3, -0.25) is 9.59 Å². The van der Waals surface area contributed by atoms with Gasteiger partial charge in [-0.05, 0) is 55.5 Å². The topological polar surface area (TPSA) is 120 Å². The minimum absolute atomic E-state index is 0.0480. The summed E-state index contributed by atoms with van der Waals surface area (Å²) in [6, 6.07) is 11.8. The zero-order chi connectivity index (χ0) is 20.8. The van der Waals surface area contributed by atoms with Crippen molar-refractivity contribution in [3.63, 3.8) is 0 Å². The lowest BCUT2D eigenvalue weighted by Gasteiger charge is -2.10. The summed E-state index contributed by atoms with van der Waals surface area (Å²) >= 11 is 1.07. The van der Waals surface area contributed by atoms with E-state index in [1.54, 1.807) is 19.1 Å². The van der Waals surface area contributed by atoms with Gasteiger partial charge in [0.2, 0.25) is 11.8 Å². The molecule has 2 amide bonds. The molecule has 1 heterocycles. The fourth-order valence-corrected chi connectivity index (χ4v) is 2.82. The average molecular weight is 416 g/mol. The Labute approximate surface area is 169 Å². The third kappa shape index (κ3) is 5.79. The number of aromatic nitrogens is 2. The molecule has 0 aliphatic rings. The number of carbonyl (C=O) groups excluding carboxylic acids is 2. The van der Waals surface area contributed by atoms with Gasteiger partial charge in [-0.1, -0.05) is 11.8 Å². The number of anilines is 1. The third-order valence-electron chi connectivity index (χ3n) is 3.68. The van der Waals surface area contributed by atoms with Crippen LogP contribution in [0.4, 0.5) is 10.1 Å². The van der Waals surface area contributed by atoms with Crippen molar-refractivity contribution in [2.24, 2.45) is 5.73 Å². The molecule has 0 saturated carbocycles. The molecular weight excluding hydrogens is 399 g/mol. The molecular formula is C19H17FN4O4S. The van der Waals surface area contributed by atoms with E-state index in [1.807, 2.05) is 0 Å². The number of nitrogens with zero attached hydrogens (tertiary/aromatic N) is 2. The van der Waals surface area contributed by atoms with Gasteiger partial charge < -0.3 is 20.2 Å². The van der Waals surface area contributed by atoms with Crippen LogP contribution in [0, 0.1) is 5.82 Å². The molecule has 0 aliphatic heterocycles. The molecule has 0 saturated heterocycles. The zero-order valence-electron chi connectivity index (χ0n) is 15.3. The highest BCUT2D eigenvalue weighted by Gasteiger charge is 2.17. The lowest BCUT2D eigenvalue weighted by Crippen LogP contribution is -2.15. The molecule has 0 fully saturated rings. The van der Waals surface area contributed by atoms with Crippen molar-refractivity contribution in [3.8, 4) is 5.75 Å². The van der Waals surface area contributed by atoms with E-state index in [4.69, 9.17) is 14.9 Å². The molecule has 0 spiro atoms. The Bertz CT molecular complexity index is 992. The summed E-state index contributed by atoms with van der Waals surface area (Å²) < 4.78 is 24.0. The molecule has 0 radical (unpaired) electrons. The Hall–Kier alpha value is -3.40. The number of ether oxygens (including phenoxy) is 1. The molecule has 0 aliphatic carbocycles. The molecule has 3 aromatic rings. The lowest BCUT2D eigenvalue weighted by atomic mass is 10.2. The zero-order valence-corrected chi connectivity index (χ0v) is 16.1. The number of nitrogens with one attached hydrogen (secondary N) is 1. The van der Waals surface area contributed by atoms with E-state index in [1.165, 1.54) is 36.4 Å². The van der Waals surface area contributed by atoms with E-state index < -0.39 is 12.0 Å².